The van der Waals surface area contributed by atoms with Crippen molar-refractivity contribution in [3.63, 3.8) is 0 Å². The zero-order valence-corrected chi connectivity index (χ0v) is 8.12. The van der Waals surface area contributed by atoms with Gasteiger partial charge in [-0.3, -0.25) is 0 Å². The van der Waals surface area contributed by atoms with Crippen LogP contribution in [0, 0.1) is 5.82 Å². The fraction of sp³-hybridized carbons (Fsp3) is 0. The molecule has 2 nitrogen and oxygen atoms in total. The van der Waals surface area contributed by atoms with Gasteiger partial charge in [-0.1, -0.05) is 0 Å². The fourth-order valence-corrected chi connectivity index (χ4v) is 2.33. The topological polar surface area (TPSA) is 33.1 Å². The molecule has 0 aliphatic heterocycles. The van der Waals surface area contributed by atoms with Gasteiger partial charge in [-0.2, -0.15) is 0 Å². The lowest BCUT2D eigenvalue weighted by atomic mass is 10.3. The van der Waals surface area contributed by atoms with Gasteiger partial charge in [-0.05, 0) is 15.9 Å². The van der Waals surface area contributed by atoms with E-state index < -0.39 is 5.82 Å². The lowest BCUT2D eigenvalue weighted by molar-refractivity contribution is 0.434. The molecule has 0 spiro atoms. The van der Waals surface area contributed by atoms with Crippen molar-refractivity contribution >= 4 is 37.5 Å². The van der Waals surface area contributed by atoms with E-state index in [2.05, 4.69) is 20.9 Å². The highest BCUT2D eigenvalue weighted by molar-refractivity contribution is 9.11. The van der Waals surface area contributed by atoms with Gasteiger partial charge in [0.15, 0.2) is 15.5 Å². The first kappa shape index (κ1) is 7.94. The smallest absolute Gasteiger partial charge is 0.167 e. The average Bonchev–Trinajstić information content (AvgIpc) is 2.30. The van der Waals surface area contributed by atoms with E-state index in [1.807, 2.05) is 0 Å². The van der Waals surface area contributed by atoms with Crippen LogP contribution in [0.1, 0.15) is 0 Å². The van der Waals surface area contributed by atoms with Crippen LogP contribution in [0.15, 0.2) is 16.0 Å². The second-order valence-electron chi connectivity index (χ2n) is 2.24. The van der Waals surface area contributed by atoms with Gasteiger partial charge in [0.05, 0.1) is 10.2 Å². The summed E-state index contributed by atoms with van der Waals surface area (Å²) in [5.41, 5.74) is 0.558. The normalized spacial score (nSPS) is 10.8. The molecule has 62 valence electrons. The molecule has 2 rings (SSSR count). The molecule has 1 heterocycles. The minimum absolute atomic E-state index is 0.335. The summed E-state index contributed by atoms with van der Waals surface area (Å²) in [5, 5.41) is 9.02. The molecule has 0 saturated carbocycles. The number of benzene rings is 1. The van der Waals surface area contributed by atoms with Crippen LogP contribution in [0.5, 0.6) is 5.75 Å². The van der Waals surface area contributed by atoms with Crippen molar-refractivity contribution in [3.05, 3.63) is 21.9 Å². The lowest BCUT2D eigenvalue weighted by Gasteiger charge is -1.92. The third kappa shape index (κ3) is 1.19. The number of phenols is 1. The summed E-state index contributed by atoms with van der Waals surface area (Å²) in [5.74, 6) is -0.973. The Bertz CT molecular complexity index is 403. The fourth-order valence-electron chi connectivity index (χ4n) is 0.910. The van der Waals surface area contributed by atoms with Crippen LogP contribution in [-0.4, -0.2) is 10.1 Å². The van der Waals surface area contributed by atoms with Gasteiger partial charge < -0.3 is 5.11 Å². The van der Waals surface area contributed by atoms with Crippen molar-refractivity contribution in [2.75, 3.05) is 0 Å². The largest absolute Gasteiger partial charge is 0.505 e. The molecule has 1 N–H and O–H groups in total. The Labute approximate surface area is 79.8 Å². The van der Waals surface area contributed by atoms with Crippen LogP contribution >= 0.6 is 27.3 Å². The minimum Gasteiger partial charge on any atom is -0.505 e. The number of thiazole rings is 1. The molecule has 0 aliphatic carbocycles. The molecule has 2 aromatic rings. The standard InChI is InChI=1S/C7H3BrFNOS/c8-7-10-4-1-3(9)5(11)2-6(4)12-7/h1-2,11H. The Kier molecular flexibility index (Phi) is 1.77. The second-order valence-corrected chi connectivity index (χ2v) is 4.54. The molecule has 1 aromatic heterocycles. The Morgan fingerprint density at radius 3 is 3.00 bits per heavy atom. The zero-order chi connectivity index (χ0) is 8.72. The molecule has 5 heteroatoms. The summed E-state index contributed by atoms with van der Waals surface area (Å²) in [6, 6.07) is 2.58. The predicted molar refractivity (Wildman–Crippen MR) is 48.9 cm³/mol. The van der Waals surface area contributed by atoms with Crippen LogP contribution < -0.4 is 0 Å². The van der Waals surface area contributed by atoms with E-state index in [4.69, 9.17) is 5.11 Å². The van der Waals surface area contributed by atoms with Gasteiger partial charge in [0.1, 0.15) is 0 Å². The Morgan fingerprint density at radius 1 is 1.50 bits per heavy atom. The molecule has 0 unspecified atom stereocenters. The zero-order valence-electron chi connectivity index (χ0n) is 5.71. The lowest BCUT2D eigenvalue weighted by Crippen LogP contribution is -1.75. The van der Waals surface area contributed by atoms with Gasteiger partial charge in [-0.25, -0.2) is 9.37 Å². The van der Waals surface area contributed by atoms with Crippen LogP contribution in [0.4, 0.5) is 4.39 Å². The monoisotopic (exact) mass is 247 g/mol. The van der Waals surface area contributed by atoms with Crippen molar-refractivity contribution < 1.29 is 9.50 Å². The molecule has 12 heavy (non-hydrogen) atoms. The summed E-state index contributed by atoms with van der Waals surface area (Å²) in [7, 11) is 0. The molecule has 1 aromatic carbocycles. The molecular formula is C7H3BrFNOS. The Hall–Kier alpha value is -0.680. The molecule has 0 aliphatic rings. The van der Waals surface area contributed by atoms with Gasteiger partial charge in [0.25, 0.3) is 0 Å². The second kappa shape index (κ2) is 2.67. The molecule has 0 fully saturated rings. The number of halogens is 2. The molecule has 0 saturated heterocycles. The molecule has 0 atom stereocenters. The van der Waals surface area contributed by atoms with Crippen LogP contribution in [0.2, 0.25) is 0 Å². The average molecular weight is 248 g/mol. The Morgan fingerprint density at radius 2 is 2.25 bits per heavy atom. The van der Waals surface area contributed by atoms with E-state index in [1.165, 1.54) is 23.5 Å². The highest BCUT2D eigenvalue weighted by Gasteiger charge is 2.06. The summed E-state index contributed by atoms with van der Waals surface area (Å²) in [6.45, 7) is 0. The molecule has 0 bridgehead atoms. The number of aromatic hydroxyl groups is 1. The number of nitrogens with zero attached hydrogens (tertiary/aromatic N) is 1. The van der Waals surface area contributed by atoms with Crippen molar-refractivity contribution in [1.29, 1.82) is 0 Å². The maximum Gasteiger partial charge on any atom is 0.167 e. The van der Waals surface area contributed by atoms with E-state index in [9.17, 15) is 4.39 Å². The van der Waals surface area contributed by atoms with Gasteiger partial charge in [0, 0.05) is 12.1 Å². The van der Waals surface area contributed by atoms with Gasteiger partial charge in [0.2, 0.25) is 0 Å². The number of aromatic nitrogens is 1. The molecular weight excluding hydrogens is 245 g/mol. The number of hydrogen-bond donors (Lipinski definition) is 1. The summed E-state index contributed by atoms with van der Waals surface area (Å²) >= 11 is 4.53. The van der Waals surface area contributed by atoms with Crippen molar-refractivity contribution in [1.82, 2.24) is 4.98 Å². The quantitative estimate of drug-likeness (QED) is 0.777. The number of rotatable bonds is 0. The van der Waals surface area contributed by atoms with E-state index >= 15 is 0 Å². The van der Waals surface area contributed by atoms with E-state index in [0.29, 0.717) is 9.43 Å². The summed E-state index contributed by atoms with van der Waals surface area (Å²) < 4.78 is 14.2. The predicted octanol–water partition coefficient (Wildman–Crippen LogP) is 2.90. The first-order chi connectivity index (χ1) is 5.66. The molecule has 0 amide bonds. The highest BCUT2D eigenvalue weighted by atomic mass is 79.9. The maximum atomic E-state index is 12.8. The van der Waals surface area contributed by atoms with Crippen LogP contribution in [0.25, 0.3) is 10.2 Å². The maximum absolute atomic E-state index is 12.8. The van der Waals surface area contributed by atoms with Crippen molar-refractivity contribution in [2.24, 2.45) is 0 Å². The third-order valence-electron chi connectivity index (χ3n) is 1.43. The molecule has 0 radical (unpaired) electrons. The Balaban J connectivity index is 2.83. The van der Waals surface area contributed by atoms with Crippen LogP contribution in [-0.2, 0) is 0 Å². The number of hydrogen-bond acceptors (Lipinski definition) is 3. The number of phenolic OH excluding ortho intramolecular Hbond substituents is 1. The van der Waals surface area contributed by atoms with E-state index in [-0.39, 0.29) is 5.75 Å². The summed E-state index contributed by atoms with van der Waals surface area (Å²) in [4.78, 5) is 4.00. The van der Waals surface area contributed by atoms with Crippen molar-refractivity contribution in [2.45, 2.75) is 0 Å². The minimum atomic E-state index is -0.639. The number of fused-ring (bicyclic) bond motifs is 1. The van der Waals surface area contributed by atoms with E-state index in [0.717, 1.165) is 4.70 Å². The SMILES string of the molecule is Oc1cc2sc(Br)nc2cc1F. The summed E-state index contributed by atoms with van der Waals surface area (Å²) in [6.07, 6.45) is 0. The van der Waals surface area contributed by atoms with Crippen molar-refractivity contribution in [3.8, 4) is 5.75 Å². The van der Waals surface area contributed by atoms with Gasteiger partial charge in [-0.15, -0.1) is 11.3 Å². The first-order valence-corrected chi connectivity index (χ1v) is 4.72. The first-order valence-electron chi connectivity index (χ1n) is 3.11. The van der Waals surface area contributed by atoms with Crippen LogP contribution in [0.3, 0.4) is 0 Å². The van der Waals surface area contributed by atoms with E-state index in [1.54, 1.807) is 0 Å². The third-order valence-corrected chi connectivity index (χ3v) is 2.90. The van der Waals surface area contributed by atoms with Gasteiger partial charge >= 0.3 is 0 Å². The highest BCUT2D eigenvalue weighted by Crippen LogP contribution is 2.30.